The third-order valence-corrected chi connectivity index (χ3v) is 0.871. The van der Waals surface area contributed by atoms with Gasteiger partial charge in [0.25, 0.3) is 0 Å². The standard InChI is InChI=1S/C6H5O6/c7-3-10-1-6(12-5-9)2-11-4-8/h6H,1-2H2. The van der Waals surface area contributed by atoms with Crippen LogP contribution in [0.5, 0.6) is 0 Å². The molecule has 0 atom stereocenters. The molecule has 65 valence electrons. The van der Waals surface area contributed by atoms with Gasteiger partial charge in [-0.3, -0.25) is 0 Å². The van der Waals surface area contributed by atoms with Crippen LogP contribution in [-0.2, 0) is 28.6 Å². The van der Waals surface area contributed by atoms with Gasteiger partial charge in [0.15, 0.2) is 6.10 Å². The van der Waals surface area contributed by atoms with Gasteiger partial charge in [0, 0.05) is 0 Å². The summed E-state index contributed by atoms with van der Waals surface area (Å²) in [7, 11) is 0. The van der Waals surface area contributed by atoms with Crippen molar-refractivity contribution in [1.29, 1.82) is 0 Å². The zero-order chi connectivity index (χ0) is 9.23. The second-order valence-corrected chi connectivity index (χ2v) is 1.61. The van der Waals surface area contributed by atoms with Crippen molar-refractivity contribution in [3.05, 3.63) is 0 Å². The average Bonchev–Trinajstić information content (AvgIpc) is 2.10. The molecule has 0 aromatic carbocycles. The predicted molar refractivity (Wildman–Crippen MR) is 33.9 cm³/mol. The van der Waals surface area contributed by atoms with Crippen molar-refractivity contribution in [2.45, 2.75) is 6.10 Å². The highest BCUT2D eigenvalue weighted by molar-refractivity contribution is 5.40. The molecule has 0 heterocycles. The summed E-state index contributed by atoms with van der Waals surface area (Å²) in [4.78, 5) is 28.8. The van der Waals surface area contributed by atoms with Gasteiger partial charge < -0.3 is 14.2 Å². The number of hydrogen-bond donors (Lipinski definition) is 0. The lowest BCUT2D eigenvalue weighted by atomic mass is 10.4. The molecule has 0 spiro atoms. The summed E-state index contributed by atoms with van der Waals surface area (Å²) in [6.07, 6.45) is -0.856. The van der Waals surface area contributed by atoms with E-state index in [4.69, 9.17) is 0 Å². The summed E-state index contributed by atoms with van der Waals surface area (Å²) in [6.45, 7) is 2.88. The molecule has 0 unspecified atom stereocenters. The summed E-state index contributed by atoms with van der Waals surface area (Å²) in [5, 5.41) is 0. The van der Waals surface area contributed by atoms with Crippen LogP contribution < -0.4 is 0 Å². The number of ether oxygens (including phenoxy) is 3. The van der Waals surface area contributed by atoms with Crippen LogP contribution in [0.25, 0.3) is 0 Å². The molecule has 0 aliphatic carbocycles. The SMILES string of the molecule is O=[C]OCC(CO[C]=O)O[C]=O. The Hall–Kier alpha value is -1.59. The molecule has 0 rings (SSSR count). The topological polar surface area (TPSA) is 78.9 Å². The van der Waals surface area contributed by atoms with Crippen LogP contribution in [0, 0.1) is 0 Å². The fraction of sp³-hybridized carbons (Fsp3) is 0.500. The van der Waals surface area contributed by atoms with E-state index < -0.39 is 6.10 Å². The third kappa shape index (κ3) is 5.21. The van der Waals surface area contributed by atoms with Crippen LogP contribution in [0.1, 0.15) is 0 Å². The minimum absolute atomic E-state index is 0.236. The van der Waals surface area contributed by atoms with Crippen LogP contribution >= 0.6 is 0 Å². The fourth-order valence-electron chi connectivity index (χ4n) is 0.438. The van der Waals surface area contributed by atoms with E-state index in [0.29, 0.717) is 0 Å². The van der Waals surface area contributed by atoms with E-state index in [1.165, 1.54) is 0 Å². The molecule has 6 heteroatoms. The van der Waals surface area contributed by atoms with Gasteiger partial charge >= 0.3 is 19.4 Å². The summed E-state index contributed by atoms with van der Waals surface area (Å²) >= 11 is 0. The molecule has 0 bridgehead atoms. The maximum atomic E-state index is 9.69. The minimum Gasteiger partial charge on any atom is -0.453 e. The van der Waals surface area contributed by atoms with Crippen molar-refractivity contribution in [3.8, 4) is 0 Å². The number of rotatable bonds is 8. The monoisotopic (exact) mass is 173 g/mol. The van der Waals surface area contributed by atoms with Gasteiger partial charge in [-0.05, 0) is 0 Å². The molecule has 0 saturated carbocycles. The number of hydrogen-bond acceptors (Lipinski definition) is 6. The highest BCUT2D eigenvalue weighted by atomic mass is 16.6. The van der Waals surface area contributed by atoms with Crippen LogP contribution in [0.2, 0.25) is 0 Å². The average molecular weight is 173 g/mol. The first-order valence-electron chi connectivity index (χ1n) is 2.85. The first-order valence-corrected chi connectivity index (χ1v) is 2.85. The maximum Gasteiger partial charge on any atom is 0.418 e. The zero-order valence-corrected chi connectivity index (χ0v) is 5.94. The van der Waals surface area contributed by atoms with Gasteiger partial charge in [-0.25, -0.2) is 14.4 Å². The fourth-order valence-corrected chi connectivity index (χ4v) is 0.438. The smallest absolute Gasteiger partial charge is 0.418 e. The first kappa shape index (κ1) is 10.4. The van der Waals surface area contributed by atoms with Gasteiger partial charge in [0.05, 0.1) is 0 Å². The van der Waals surface area contributed by atoms with Crippen molar-refractivity contribution in [1.82, 2.24) is 0 Å². The Labute approximate surface area is 68.4 Å². The van der Waals surface area contributed by atoms with Gasteiger partial charge in [0.1, 0.15) is 13.2 Å². The molecule has 0 aromatic heterocycles. The molecular formula is C6H5O6. The second-order valence-electron chi connectivity index (χ2n) is 1.61. The molecule has 0 aromatic rings. The number of carbonyl (C=O) groups excluding carboxylic acids is 3. The lowest BCUT2D eigenvalue weighted by Crippen LogP contribution is -2.24. The Bertz CT molecular complexity index is 133. The maximum absolute atomic E-state index is 9.69. The van der Waals surface area contributed by atoms with E-state index in [9.17, 15) is 14.4 Å². The van der Waals surface area contributed by atoms with Crippen molar-refractivity contribution < 1.29 is 28.6 Å². The normalized spacial score (nSPS) is 8.75. The van der Waals surface area contributed by atoms with Gasteiger partial charge in [-0.2, -0.15) is 0 Å². The molecule has 0 amide bonds. The van der Waals surface area contributed by atoms with Crippen molar-refractivity contribution in [3.63, 3.8) is 0 Å². The van der Waals surface area contributed by atoms with E-state index in [-0.39, 0.29) is 13.2 Å². The third-order valence-electron chi connectivity index (χ3n) is 0.871. The molecule has 6 nitrogen and oxygen atoms in total. The lowest BCUT2D eigenvalue weighted by molar-refractivity contribution is 0.0580. The Morgan fingerprint density at radius 2 is 1.42 bits per heavy atom. The van der Waals surface area contributed by atoms with E-state index >= 15 is 0 Å². The molecule has 0 aliphatic rings. The Kier molecular flexibility index (Phi) is 6.52. The quantitative estimate of drug-likeness (QED) is 0.420. The Morgan fingerprint density at radius 1 is 0.917 bits per heavy atom. The molecule has 0 fully saturated rings. The van der Waals surface area contributed by atoms with E-state index in [1.807, 2.05) is 0 Å². The highest BCUT2D eigenvalue weighted by Gasteiger charge is 2.11. The van der Waals surface area contributed by atoms with E-state index in [0.717, 1.165) is 19.4 Å². The van der Waals surface area contributed by atoms with E-state index in [1.54, 1.807) is 0 Å². The molecule has 3 radical (unpaired) electrons. The second kappa shape index (κ2) is 7.52. The van der Waals surface area contributed by atoms with Crippen molar-refractivity contribution in [2.75, 3.05) is 13.2 Å². The van der Waals surface area contributed by atoms with E-state index in [2.05, 4.69) is 14.2 Å². The van der Waals surface area contributed by atoms with Gasteiger partial charge in [-0.1, -0.05) is 0 Å². The lowest BCUT2D eigenvalue weighted by Gasteiger charge is -2.10. The summed E-state index contributed by atoms with van der Waals surface area (Å²) in [5.41, 5.74) is 0. The van der Waals surface area contributed by atoms with Gasteiger partial charge in [0.2, 0.25) is 0 Å². The molecule has 0 N–H and O–H groups in total. The van der Waals surface area contributed by atoms with Crippen molar-refractivity contribution in [2.24, 2.45) is 0 Å². The largest absolute Gasteiger partial charge is 0.453 e. The van der Waals surface area contributed by atoms with Crippen LogP contribution in [0.4, 0.5) is 0 Å². The minimum atomic E-state index is -0.856. The Morgan fingerprint density at radius 3 is 1.75 bits per heavy atom. The predicted octanol–water partition coefficient (Wildman–Crippen LogP) is -1.39. The Balaban J connectivity index is 3.59. The summed E-state index contributed by atoms with van der Waals surface area (Å²) in [6, 6.07) is 0. The van der Waals surface area contributed by atoms with Crippen LogP contribution in [-0.4, -0.2) is 38.7 Å². The first-order chi connectivity index (χ1) is 5.85. The highest BCUT2D eigenvalue weighted by Crippen LogP contribution is 1.91. The summed E-state index contributed by atoms with van der Waals surface area (Å²) in [5.74, 6) is 0. The van der Waals surface area contributed by atoms with Crippen molar-refractivity contribution >= 4 is 19.4 Å². The summed E-state index contributed by atoms with van der Waals surface area (Å²) < 4.78 is 12.5. The molecule has 0 aliphatic heterocycles. The van der Waals surface area contributed by atoms with Gasteiger partial charge in [-0.15, -0.1) is 0 Å². The van der Waals surface area contributed by atoms with Crippen LogP contribution in [0.3, 0.4) is 0 Å². The molecule has 0 saturated heterocycles. The zero-order valence-electron chi connectivity index (χ0n) is 5.94. The molecule has 12 heavy (non-hydrogen) atoms. The van der Waals surface area contributed by atoms with Crippen LogP contribution in [0.15, 0.2) is 0 Å². The molecular weight excluding hydrogens is 168 g/mol.